The second-order valence-corrected chi connectivity index (χ2v) is 9.53. The molecule has 0 spiro atoms. The molecule has 0 amide bonds. The minimum atomic E-state index is -1.54. The van der Waals surface area contributed by atoms with Crippen LogP contribution in [0.15, 0.2) is 48.7 Å². The molecule has 3 unspecified atom stereocenters. The second kappa shape index (κ2) is 7.98. The van der Waals surface area contributed by atoms with E-state index in [1.54, 1.807) is 32.4 Å². The van der Waals surface area contributed by atoms with Gasteiger partial charge in [0.05, 0.1) is 38.4 Å². The van der Waals surface area contributed by atoms with Gasteiger partial charge in [0.15, 0.2) is 11.2 Å². The lowest BCUT2D eigenvalue weighted by Crippen LogP contribution is -2.43. The highest BCUT2D eigenvalue weighted by Crippen LogP contribution is 2.61. The molecule has 0 saturated carbocycles. The molecule has 0 N–H and O–H groups in total. The molecule has 33 heavy (non-hydrogen) atoms. The smallest absolute Gasteiger partial charge is 0.177 e. The zero-order valence-corrected chi connectivity index (χ0v) is 19.5. The number of carbonyl (C=O) groups is 1. The Balaban J connectivity index is 2.07. The summed E-state index contributed by atoms with van der Waals surface area (Å²) in [4.78, 5) is 15.8. The molecule has 0 aliphatic carbocycles. The van der Waals surface area contributed by atoms with E-state index in [1.165, 1.54) is 0 Å². The summed E-state index contributed by atoms with van der Waals surface area (Å²) >= 11 is 0. The van der Waals surface area contributed by atoms with E-state index >= 15 is 0 Å². The number of ketones is 1. The van der Waals surface area contributed by atoms with E-state index in [2.05, 4.69) is 12.1 Å². The van der Waals surface area contributed by atoms with Gasteiger partial charge in [-0.15, -0.1) is 0 Å². The van der Waals surface area contributed by atoms with Crippen molar-refractivity contribution in [3.8, 4) is 23.6 Å². The molecule has 6 nitrogen and oxygen atoms in total. The number of rotatable bonds is 4. The average Bonchev–Trinajstić information content (AvgIpc) is 3.13. The number of fused-ring (bicyclic) bond motifs is 3. The van der Waals surface area contributed by atoms with Crippen LogP contribution in [0.2, 0.25) is 0 Å². The number of Topliss-reactive ketones (excluding diaryl/α,β-unsaturated/α-hetero) is 1. The third-order valence-corrected chi connectivity index (χ3v) is 6.72. The van der Waals surface area contributed by atoms with E-state index in [1.807, 2.05) is 62.2 Å². The topological polar surface area (TPSA) is 86.3 Å². The van der Waals surface area contributed by atoms with E-state index in [4.69, 9.17) is 9.47 Å². The largest absolute Gasteiger partial charge is 0.497 e. The fourth-order valence-corrected chi connectivity index (χ4v) is 5.16. The molecule has 0 bridgehead atoms. The Morgan fingerprint density at radius 2 is 1.73 bits per heavy atom. The molecule has 1 fully saturated rings. The Kier molecular flexibility index (Phi) is 5.42. The summed E-state index contributed by atoms with van der Waals surface area (Å²) in [6.07, 6.45) is 3.80. The molecule has 2 aromatic rings. The molecule has 2 heterocycles. The monoisotopic (exact) mass is 441 g/mol. The second-order valence-electron chi connectivity index (χ2n) is 9.53. The highest BCUT2D eigenvalue weighted by Gasteiger charge is 2.65. The molecular formula is C27H27N3O3. The molecule has 2 aliphatic rings. The SMILES string of the molecule is COc1ccc(OC)c(C2C(C(=O)C(C)(C)C)N3C=Cc4ccccc4C3C2(C#N)C#N)c1. The zero-order chi connectivity index (χ0) is 24.0. The summed E-state index contributed by atoms with van der Waals surface area (Å²) in [7, 11) is 3.10. The first-order chi connectivity index (χ1) is 15.7. The number of hydrogen-bond acceptors (Lipinski definition) is 6. The molecule has 0 radical (unpaired) electrons. The first-order valence-electron chi connectivity index (χ1n) is 10.9. The van der Waals surface area contributed by atoms with Crippen molar-refractivity contribution in [3.63, 3.8) is 0 Å². The van der Waals surface area contributed by atoms with Crippen LogP contribution in [0.3, 0.4) is 0 Å². The van der Waals surface area contributed by atoms with Crippen molar-refractivity contribution in [2.75, 3.05) is 14.2 Å². The van der Waals surface area contributed by atoms with Crippen molar-refractivity contribution in [2.45, 2.75) is 38.8 Å². The van der Waals surface area contributed by atoms with Gasteiger partial charge < -0.3 is 14.4 Å². The molecule has 0 aromatic heterocycles. The third-order valence-electron chi connectivity index (χ3n) is 6.72. The standard InChI is InChI=1S/C27H27N3O3/c1-26(2,3)25(31)23-22(20-14-18(32-4)10-11-21(20)33-5)27(15-28,16-29)24-19-9-7-6-8-17(19)12-13-30(23)24/h6-14,22-24H,1-5H3. The molecule has 1 saturated heterocycles. The van der Waals surface area contributed by atoms with Crippen LogP contribution in [0.4, 0.5) is 0 Å². The Morgan fingerprint density at radius 3 is 2.33 bits per heavy atom. The van der Waals surface area contributed by atoms with Crippen molar-refractivity contribution in [2.24, 2.45) is 10.8 Å². The Hall–Kier alpha value is -3.77. The lowest BCUT2D eigenvalue weighted by molar-refractivity contribution is -0.130. The zero-order valence-electron chi connectivity index (χ0n) is 19.5. The molecule has 2 aliphatic heterocycles. The van der Waals surface area contributed by atoms with Crippen LogP contribution in [0, 0.1) is 33.5 Å². The number of hydrogen-bond donors (Lipinski definition) is 0. The van der Waals surface area contributed by atoms with Gasteiger partial charge in [0, 0.05) is 23.1 Å². The van der Waals surface area contributed by atoms with Gasteiger partial charge >= 0.3 is 0 Å². The minimum Gasteiger partial charge on any atom is -0.497 e. The Morgan fingerprint density at radius 1 is 1.03 bits per heavy atom. The van der Waals surface area contributed by atoms with E-state index in [0.717, 1.165) is 11.1 Å². The summed E-state index contributed by atoms with van der Waals surface area (Å²) in [6, 6.07) is 16.4. The summed E-state index contributed by atoms with van der Waals surface area (Å²) in [5.41, 5.74) is 0.188. The lowest BCUT2D eigenvalue weighted by atomic mass is 9.66. The predicted octanol–water partition coefficient (Wildman–Crippen LogP) is 4.85. The van der Waals surface area contributed by atoms with Crippen molar-refractivity contribution in [1.29, 1.82) is 10.5 Å². The Labute approximate surface area is 194 Å². The Bertz CT molecular complexity index is 1200. The van der Waals surface area contributed by atoms with Crippen LogP contribution >= 0.6 is 0 Å². The predicted molar refractivity (Wildman–Crippen MR) is 124 cm³/mol. The van der Waals surface area contributed by atoms with Crippen LogP contribution in [0.25, 0.3) is 6.08 Å². The van der Waals surface area contributed by atoms with Crippen LogP contribution in [0.1, 0.15) is 49.4 Å². The number of nitrogens with zero attached hydrogens (tertiary/aromatic N) is 3. The first-order valence-corrected chi connectivity index (χ1v) is 10.9. The quantitative estimate of drug-likeness (QED) is 0.674. The van der Waals surface area contributed by atoms with Crippen molar-refractivity contribution in [1.82, 2.24) is 4.90 Å². The summed E-state index contributed by atoms with van der Waals surface area (Å²) < 4.78 is 11.1. The van der Waals surface area contributed by atoms with Gasteiger partial charge in [-0.25, -0.2) is 0 Å². The average molecular weight is 442 g/mol. The van der Waals surface area contributed by atoms with Crippen molar-refractivity contribution in [3.05, 3.63) is 65.4 Å². The van der Waals surface area contributed by atoms with Crippen LogP contribution in [-0.4, -0.2) is 30.9 Å². The van der Waals surface area contributed by atoms with E-state index in [9.17, 15) is 15.3 Å². The molecule has 6 heteroatoms. The van der Waals surface area contributed by atoms with Crippen LogP contribution < -0.4 is 9.47 Å². The maximum atomic E-state index is 13.9. The highest BCUT2D eigenvalue weighted by atomic mass is 16.5. The van der Waals surface area contributed by atoms with Crippen LogP contribution in [0.5, 0.6) is 11.5 Å². The summed E-state index contributed by atoms with van der Waals surface area (Å²) in [5, 5.41) is 21.2. The highest BCUT2D eigenvalue weighted by molar-refractivity contribution is 5.91. The summed E-state index contributed by atoms with van der Waals surface area (Å²) in [6.45, 7) is 5.60. The van der Waals surface area contributed by atoms with Crippen molar-refractivity contribution < 1.29 is 14.3 Å². The number of nitriles is 2. The van der Waals surface area contributed by atoms with Crippen LogP contribution in [-0.2, 0) is 4.79 Å². The number of ether oxygens (including phenoxy) is 2. The van der Waals surface area contributed by atoms with E-state index < -0.39 is 28.8 Å². The van der Waals surface area contributed by atoms with Crippen molar-refractivity contribution >= 4 is 11.9 Å². The lowest BCUT2D eigenvalue weighted by Gasteiger charge is -2.36. The van der Waals surface area contributed by atoms with Gasteiger partial charge in [0.1, 0.15) is 11.5 Å². The van der Waals surface area contributed by atoms with E-state index in [0.29, 0.717) is 17.1 Å². The molecule has 2 aromatic carbocycles. The normalized spacial score (nSPS) is 22.5. The molecule has 4 rings (SSSR count). The maximum absolute atomic E-state index is 13.9. The molecule has 3 atom stereocenters. The van der Waals surface area contributed by atoms with Gasteiger partial charge in [-0.1, -0.05) is 45.0 Å². The third kappa shape index (κ3) is 3.26. The minimum absolute atomic E-state index is 0.0428. The van der Waals surface area contributed by atoms with Gasteiger partial charge in [0.25, 0.3) is 0 Å². The van der Waals surface area contributed by atoms with Gasteiger partial charge in [-0.3, -0.25) is 4.79 Å². The molecular weight excluding hydrogens is 414 g/mol. The van der Waals surface area contributed by atoms with Gasteiger partial charge in [-0.2, -0.15) is 10.5 Å². The number of methoxy groups -OCH3 is 2. The number of benzene rings is 2. The van der Waals surface area contributed by atoms with Gasteiger partial charge in [-0.05, 0) is 35.4 Å². The number of carbonyl (C=O) groups excluding carboxylic acids is 1. The first kappa shape index (κ1) is 22.4. The maximum Gasteiger partial charge on any atom is 0.177 e. The summed E-state index contributed by atoms with van der Waals surface area (Å²) in [5.74, 6) is 0.279. The van der Waals surface area contributed by atoms with Gasteiger partial charge in [0.2, 0.25) is 0 Å². The fourth-order valence-electron chi connectivity index (χ4n) is 5.16. The van der Waals surface area contributed by atoms with E-state index in [-0.39, 0.29) is 5.78 Å². The molecule has 168 valence electrons. The fraction of sp³-hybridized carbons (Fsp3) is 0.370.